The molecule has 1 unspecified atom stereocenters. The smallest absolute Gasteiger partial charge is 0.341 e. The molecule has 2 aromatic carbocycles. The van der Waals surface area contributed by atoms with Crippen molar-refractivity contribution in [2.24, 2.45) is 0 Å². The number of fused-ring (bicyclic) bond motifs is 1. The number of furan rings is 1. The van der Waals surface area contributed by atoms with Crippen molar-refractivity contribution in [2.45, 2.75) is 43.4 Å². The minimum Gasteiger partial charge on any atom is -0.465 e. The van der Waals surface area contributed by atoms with Crippen molar-refractivity contribution >= 4 is 69.5 Å². The van der Waals surface area contributed by atoms with Crippen molar-refractivity contribution in [1.29, 1.82) is 0 Å². The summed E-state index contributed by atoms with van der Waals surface area (Å²) in [5, 5.41) is 8.30. The van der Waals surface area contributed by atoms with Crippen molar-refractivity contribution in [3.05, 3.63) is 106 Å². The van der Waals surface area contributed by atoms with Crippen LogP contribution in [0.2, 0.25) is 0 Å². The molecule has 0 saturated heterocycles. The minimum atomic E-state index is -0.567. The summed E-state index contributed by atoms with van der Waals surface area (Å²) in [4.78, 5) is 67.8. The summed E-state index contributed by atoms with van der Waals surface area (Å²) in [6.45, 7) is 4.24. The first-order valence-electron chi connectivity index (χ1n) is 15.2. The second kappa shape index (κ2) is 15.6. The first-order chi connectivity index (χ1) is 23.2. The van der Waals surface area contributed by atoms with E-state index in [-0.39, 0.29) is 17.5 Å². The van der Waals surface area contributed by atoms with Gasteiger partial charge in [0.05, 0.1) is 30.7 Å². The van der Waals surface area contributed by atoms with E-state index in [1.807, 2.05) is 13.0 Å². The van der Waals surface area contributed by atoms with E-state index < -0.39 is 23.0 Å². The lowest BCUT2D eigenvalue weighted by Gasteiger charge is -2.25. The number of anilines is 2. The maximum Gasteiger partial charge on any atom is 0.341 e. The van der Waals surface area contributed by atoms with Gasteiger partial charge in [-0.05, 0) is 60.9 Å². The lowest BCUT2D eigenvalue weighted by molar-refractivity contribution is -0.129. The maximum atomic E-state index is 13.6. The molecule has 5 rings (SSSR count). The number of ether oxygens (including phenoxy) is 1. The van der Waals surface area contributed by atoms with Crippen molar-refractivity contribution in [2.75, 3.05) is 24.3 Å². The SMILES string of the molecule is CCC(Sc1cccc(NC(=O)/C(=C/c2ccco2)NC(=O)c2ccccc2)c1)C(=O)Nc1sc2c(c1C(=O)OC)CCN(C(C)=O)C2. The molecular formula is C35H34N4O7S2. The summed E-state index contributed by atoms with van der Waals surface area (Å²) >= 11 is 2.59. The number of thiophene rings is 1. The van der Waals surface area contributed by atoms with E-state index >= 15 is 0 Å². The Kier molecular flexibility index (Phi) is 11.1. The fraction of sp³-hybridized carbons (Fsp3) is 0.229. The summed E-state index contributed by atoms with van der Waals surface area (Å²) in [5.74, 6) is -1.53. The zero-order valence-corrected chi connectivity index (χ0v) is 28.2. The number of rotatable bonds is 11. The average Bonchev–Trinajstić information content (AvgIpc) is 3.74. The van der Waals surface area contributed by atoms with E-state index in [1.165, 1.54) is 49.5 Å². The third kappa shape index (κ3) is 8.22. The molecule has 0 saturated carbocycles. The molecule has 13 heteroatoms. The van der Waals surface area contributed by atoms with Crippen molar-refractivity contribution in [1.82, 2.24) is 10.2 Å². The molecule has 0 aliphatic carbocycles. The fourth-order valence-corrected chi connectivity index (χ4v) is 7.33. The van der Waals surface area contributed by atoms with E-state index in [0.717, 1.165) is 15.3 Å². The van der Waals surface area contributed by atoms with Crippen LogP contribution in [0, 0.1) is 0 Å². The molecule has 1 aliphatic rings. The third-order valence-electron chi connectivity index (χ3n) is 7.52. The van der Waals surface area contributed by atoms with Crippen LogP contribution in [0.1, 0.15) is 57.2 Å². The Hall–Kier alpha value is -5.14. The number of nitrogens with one attached hydrogen (secondary N) is 3. The molecule has 4 amide bonds. The number of hydrogen-bond acceptors (Lipinski definition) is 9. The van der Waals surface area contributed by atoms with Crippen LogP contribution in [0.15, 0.2) is 88.0 Å². The fourth-order valence-electron chi connectivity index (χ4n) is 5.06. The van der Waals surface area contributed by atoms with Crippen LogP contribution in [-0.4, -0.2) is 53.4 Å². The van der Waals surface area contributed by atoms with Gasteiger partial charge in [-0.1, -0.05) is 31.2 Å². The van der Waals surface area contributed by atoms with Crippen LogP contribution in [0.4, 0.5) is 10.7 Å². The van der Waals surface area contributed by atoms with Gasteiger partial charge in [-0.25, -0.2) is 4.79 Å². The highest BCUT2D eigenvalue weighted by Crippen LogP contribution is 2.38. The highest BCUT2D eigenvalue weighted by atomic mass is 32.2. The number of carbonyl (C=O) groups excluding carboxylic acids is 5. The number of thioether (sulfide) groups is 1. The third-order valence-corrected chi connectivity index (χ3v) is 10.0. The molecule has 0 fully saturated rings. The average molecular weight is 687 g/mol. The van der Waals surface area contributed by atoms with Crippen LogP contribution in [0.5, 0.6) is 0 Å². The molecule has 3 N–H and O–H groups in total. The number of benzene rings is 2. The van der Waals surface area contributed by atoms with Gasteiger partial charge >= 0.3 is 5.97 Å². The van der Waals surface area contributed by atoms with Crippen LogP contribution in [-0.2, 0) is 32.1 Å². The molecule has 11 nitrogen and oxygen atoms in total. The Balaban J connectivity index is 1.30. The molecule has 0 radical (unpaired) electrons. The highest BCUT2D eigenvalue weighted by molar-refractivity contribution is 8.00. The van der Waals surface area contributed by atoms with Gasteiger partial charge in [-0.2, -0.15) is 0 Å². The quantitative estimate of drug-likeness (QED) is 0.0997. The van der Waals surface area contributed by atoms with E-state index in [9.17, 15) is 24.0 Å². The molecule has 0 spiro atoms. The van der Waals surface area contributed by atoms with Gasteiger partial charge in [0.15, 0.2) is 0 Å². The molecular weight excluding hydrogens is 653 g/mol. The molecule has 248 valence electrons. The van der Waals surface area contributed by atoms with Gasteiger partial charge < -0.3 is 30.0 Å². The second-order valence-electron chi connectivity index (χ2n) is 10.8. The maximum absolute atomic E-state index is 13.6. The number of carbonyl (C=O) groups is 5. The van der Waals surface area contributed by atoms with Crippen molar-refractivity contribution in [3.63, 3.8) is 0 Å². The van der Waals surface area contributed by atoms with Crippen LogP contribution in [0.3, 0.4) is 0 Å². The topological polar surface area (TPSA) is 147 Å². The van der Waals surface area contributed by atoms with Crippen molar-refractivity contribution < 1.29 is 33.1 Å². The number of nitrogens with zero attached hydrogens (tertiary/aromatic N) is 1. The minimum absolute atomic E-state index is 0.0193. The predicted octanol–water partition coefficient (Wildman–Crippen LogP) is 5.95. The zero-order chi connectivity index (χ0) is 34.2. The molecule has 0 bridgehead atoms. The monoisotopic (exact) mass is 686 g/mol. The summed E-state index contributed by atoms with van der Waals surface area (Å²) in [7, 11) is 1.30. The number of methoxy groups -OCH3 is 1. The Morgan fingerprint density at radius 1 is 1.04 bits per heavy atom. The molecule has 4 aromatic rings. The number of esters is 1. The first-order valence-corrected chi connectivity index (χ1v) is 16.8. The summed E-state index contributed by atoms with van der Waals surface area (Å²) < 4.78 is 10.4. The standard InChI is InChI=1S/C35H34N4O7S2/c1-4-28(33(43)38-34-30(35(44)45-3)26-15-16-39(21(2)40)20-29(26)48-34)47-25-14-8-12-23(18-25)36-32(42)27(19-24-13-9-17-46-24)37-31(41)22-10-6-5-7-11-22/h5-14,17-19,28H,4,15-16,20H2,1-3H3,(H,36,42)(H,37,41)(H,38,43)/b27-19-. The van der Waals surface area contributed by atoms with Gasteiger partial charge in [-0.3, -0.25) is 19.2 Å². The van der Waals surface area contributed by atoms with Gasteiger partial charge in [0.2, 0.25) is 11.8 Å². The summed E-state index contributed by atoms with van der Waals surface area (Å²) in [6.07, 6.45) is 3.87. The summed E-state index contributed by atoms with van der Waals surface area (Å²) in [6, 6.07) is 18.9. The van der Waals surface area contributed by atoms with E-state index in [4.69, 9.17) is 9.15 Å². The van der Waals surface area contributed by atoms with Crippen LogP contribution >= 0.6 is 23.1 Å². The largest absolute Gasteiger partial charge is 0.465 e. The Bertz CT molecular complexity index is 1850. The predicted molar refractivity (Wildman–Crippen MR) is 185 cm³/mol. The van der Waals surface area contributed by atoms with Crippen LogP contribution in [0.25, 0.3) is 6.08 Å². The highest BCUT2D eigenvalue weighted by Gasteiger charge is 2.31. The van der Waals surface area contributed by atoms with Crippen molar-refractivity contribution in [3.8, 4) is 0 Å². The second-order valence-corrected chi connectivity index (χ2v) is 13.2. The Labute approximate surface area is 285 Å². The lowest BCUT2D eigenvalue weighted by Crippen LogP contribution is -2.34. The van der Waals surface area contributed by atoms with Crippen LogP contribution < -0.4 is 16.0 Å². The van der Waals surface area contributed by atoms with E-state index in [2.05, 4.69) is 16.0 Å². The Morgan fingerprint density at radius 2 is 1.83 bits per heavy atom. The van der Waals surface area contributed by atoms with Gasteiger partial charge in [0, 0.05) is 40.6 Å². The lowest BCUT2D eigenvalue weighted by atomic mass is 10.0. The van der Waals surface area contributed by atoms with Gasteiger partial charge in [0.1, 0.15) is 16.5 Å². The Morgan fingerprint density at radius 3 is 2.52 bits per heavy atom. The molecule has 2 aromatic heterocycles. The van der Waals surface area contributed by atoms with Gasteiger partial charge in [0.25, 0.3) is 11.8 Å². The number of hydrogen-bond donors (Lipinski definition) is 3. The normalized spacial score (nSPS) is 13.2. The van der Waals surface area contributed by atoms with E-state index in [0.29, 0.717) is 53.5 Å². The number of amides is 4. The summed E-state index contributed by atoms with van der Waals surface area (Å²) in [5.41, 5.74) is 1.95. The first kappa shape index (κ1) is 34.2. The van der Waals surface area contributed by atoms with E-state index in [1.54, 1.807) is 65.6 Å². The molecule has 1 aliphatic heterocycles. The molecule has 1 atom stereocenters. The van der Waals surface area contributed by atoms with Gasteiger partial charge in [-0.15, -0.1) is 23.1 Å². The zero-order valence-electron chi connectivity index (χ0n) is 26.5. The molecule has 48 heavy (non-hydrogen) atoms. The molecule has 3 heterocycles.